The highest BCUT2D eigenvalue weighted by atomic mass is 35.5. The van der Waals surface area contributed by atoms with Crippen LogP contribution in [0.5, 0.6) is 0 Å². The summed E-state index contributed by atoms with van der Waals surface area (Å²) in [5, 5.41) is 3.15. The predicted molar refractivity (Wildman–Crippen MR) is 74.8 cm³/mol. The molecule has 1 aliphatic carbocycles. The first-order valence-corrected chi connectivity index (χ1v) is 7.28. The van der Waals surface area contributed by atoms with Crippen LogP contribution in [-0.2, 0) is 11.2 Å². The zero-order valence-electron chi connectivity index (χ0n) is 10.6. The molecule has 0 aliphatic heterocycles. The van der Waals surface area contributed by atoms with Crippen molar-refractivity contribution in [1.82, 2.24) is 5.32 Å². The van der Waals surface area contributed by atoms with E-state index in [4.69, 9.17) is 11.6 Å². The lowest BCUT2D eigenvalue weighted by Gasteiger charge is -2.26. The normalized spacial score (nSPS) is 18.2. The molecule has 98 valence electrons. The number of alkyl halides is 1. The molecule has 1 aromatic carbocycles. The van der Waals surface area contributed by atoms with Gasteiger partial charge < -0.3 is 5.32 Å². The first-order chi connectivity index (χ1) is 8.81. The fourth-order valence-corrected chi connectivity index (χ4v) is 2.74. The minimum absolute atomic E-state index is 0.154. The van der Waals surface area contributed by atoms with Gasteiger partial charge in [0, 0.05) is 12.3 Å². The second kappa shape index (κ2) is 6.79. The molecule has 0 heterocycles. The van der Waals surface area contributed by atoms with Crippen molar-refractivity contribution in [3.8, 4) is 0 Å². The molecule has 0 aromatic heterocycles. The smallest absolute Gasteiger partial charge is 0.220 e. The number of carbonyl (C=O) groups excluding carboxylic acids is 1. The van der Waals surface area contributed by atoms with E-state index in [1.807, 2.05) is 0 Å². The lowest BCUT2D eigenvalue weighted by atomic mass is 9.87. The molecular formula is C15H20ClNO. The van der Waals surface area contributed by atoms with Crippen LogP contribution in [0.1, 0.15) is 49.3 Å². The molecule has 1 amide bonds. The molecule has 2 nitrogen and oxygen atoms in total. The van der Waals surface area contributed by atoms with E-state index >= 15 is 0 Å². The first kappa shape index (κ1) is 13.4. The summed E-state index contributed by atoms with van der Waals surface area (Å²) in [6.45, 7) is 0. The fraction of sp³-hybridized carbons (Fsp3) is 0.533. The summed E-state index contributed by atoms with van der Waals surface area (Å²) in [7, 11) is 0. The molecule has 0 bridgehead atoms. The lowest BCUT2D eigenvalue weighted by Crippen LogP contribution is -2.30. The predicted octanol–water partition coefficient (Wildman–Crippen LogP) is 3.59. The summed E-state index contributed by atoms with van der Waals surface area (Å²) in [5.41, 5.74) is 2.68. The van der Waals surface area contributed by atoms with Gasteiger partial charge in [-0.05, 0) is 43.2 Å². The third kappa shape index (κ3) is 3.49. The maximum atomic E-state index is 11.8. The van der Waals surface area contributed by atoms with Crippen LogP contribution in [0.25, 0.3) is 0 Å². The highest BCUT2D eigenvalue weighted by Gasteiger charge is 2.20. The van der Waals surface area contributed by atoms with Crippen LogP contribution in [0.4, 0.5) is 0 Å². The van der Waals surface area contributed by atoms with Gasteiger partial charge in [-0.1, -0.05) is 24.3 Å². The molecule has 0 radical (unpaired) electrons. The Morgan fingerprint density at radius 1 is 1.33 bits per heavy atom. The van der Waals surface area contributed by atoms with Crippen molar-refractivity contribution in [2.45, 2.75) is 44.6 Å². The van der Waals surface area contributed by atoms with Crippen LogP contribution < -0.4 is 5.32 Å². The Balaban J connectivity index is 1.92. The summed E-state index contributed by atoms with van der Waals surface area (Å²) in [4.78, 5) is 11.8. The van der Waals surface area contributed by atoms with Crippen molar-refractivity contribution < 1.29 is 4.79 Å². The molecule has 0 spiro atoms. The minimum Gasteiger partial charge on any atom is -0.349 e. The van der Waals surface area contributed by atoms with E-state index in [0.717, 1.165) is 32.1 Å². The van der Waals surface area contributed by atoms with Crippen LogP contribution >= 0.6 is 11.6 Å². The van der Waals surface area contributed by atoms with Crippen LogP contribution in [0.3, 0.4) is 0 Å². The van der Waals surface area contributed by atoms with Crippen molar-refractivity contribution in [2.75, 3.05) is 5.88 Å². The molecular weight excluding hydrogens is 246 g/mol. The van der Waals surface area contributed by atoms with Gasteiger partial charge >= 0.3 is 0 Å². The molecule has 0 saturated carbocycles. The SMILES string of the molecule is O=C(CCCCCl)N[C@@H]1CCCc2ccccc21. The van der Waals surface area contributed by atoms with E-state index in [-0.39, 0.29) is 11.9 Å². The van der Waals surface area contributed by atoms with E-state index in [0.29, 0.717) is 12.3 Å². The van der Waals surface area contributed by atoms with Gasteiger partial charge in [0.05, 0.1) is 6.04 Å². The quantitative estimate of drug-likeness (QED) is 0.640. The molecule has 1 atom stereocenters. The van der Waals surface area contributed by atoms with E-state index in [9.17, 15) is 4.79 Å². The number of hydrogen-bond donors (Lipinski definition) is 1. The topological polar surface area (TPSA) is 29.1 Å². The number of benzene rings is 1. The van der Waals surface area contributed by atoms with Crippen LogP contribution in [-0.4, -0.2) is 11.8 Å². The number of hydrogen-bond acceptors (Lipinski definition) is 1. The molecule has 18 heavy (non-hydrogen) atoms. The van der Waals surface area contributed by atoms with Gasteiger partial charge in [-0.2, -0.15) is 0 Å². The van der Waals surface area contributed by atoms with Crippen LogP contribution in [0.2, 0.25) is 0 Å². The Kier molecular flexibility index (Phi) is 5.06. The molecule has 3 heteroatoms. The summed E-state index contributed by atoms with van der Waals surface area (Å²) in [6.07, 6.45) is 5.72. The van der Waals surface area contributed by atoms with Gasteiger partial charge in [0.15, 0.2) is 0 Å². The third-order valence-corrected chi connectivity index (χ3v) is 3.76. The molecule has 2 rings (SSSR count). The number of carbonyl (C=O) groups is 1. The Morgan fingerprint density at radius 2 is 2.17 bits per heavy atom. The number of nitrogens with one attached hydrogen (secondary N) is 1. The maximum absolute atomic E-state index is 11.8. The van der Waals surface area contributed by atoms with Gasteiger partial charge in [0.2, 0.25) is 5.91 Å². The van der Waals surface area contributed by atoms with Gasteiger partial charge in [0.1, 0.15) is 0 Å². The number of aryl methyl sites for hydroxylation is 1. The van der Waals surface area contributed by atoms with E-state index < -0.39 is 0 Å². The summed E-state index contributed by atoms with van der Waals surface area (Å²) < 4.78 is 0. The highest BCUT2D eigenvalue weighted by molar-refractivity contribution is 6.17. The van der Waals surface area contributed by atoms with Crippen molar-refractivity contribution in [3.63, 3.8) is 0 Å². The number of fused-ring (bicyclic) bond motifs is 1. The zero-order chi connectivity index (χ0) is 12.8. The van der Waals surface area contributed by atoms with Gasteiger partial charge in [-0.25, -0.2) is 0 Å². The average Bonchev–Trinajstić information content (AvgIpc) is 2.39. The fourth-order valence-electron chi connectivity index (χ4n) is 2.55. The van der Waals surface area contributed by atoms with E-state index in [1.165, 1.54) is 11.1 Å². The number of halogens is 1. The highest BCUT2D eigenvalue weighted by Crippen LogP contribution is 2.29. The molecule has 1 aliphatic rings. The van der Waals surface area contributed by atoms with Gasteiger partial charge in [-0.15, -0.1) is 11.6 Å². The van der Waals surface area contributed by atoms with Crippen molar-refractivity contribution >= 4 is 17.5 Å². The van der Waals surface area contributed by atoms with Gasteiger partial charge in [0.25, 0.3) is 0 Å². The number of rotatable bonds is 5. The second-order valence-corrected chi connectivity index (χ2v) is 5.24. The summed E-state index contributed by atoms with van der Waals surface area (Å²) >= 11 is 5.61. The lowest BCUT2D eigenvalue weighted by molar-refractivity contribution is -0.122. The Bertz CT molecular complexity index is 405. The van der Waals surface area contributed by atoms with Crippen molar-refractivity contribution in [1.29, 1.82) is 0 Å². The molecule has 0 fully saturated rings. The van der Waals surface area contributed by atoms with Crippen molar-refractivity contribution in [3.05, 3.63) is 35.4 Å². The van der Waals surface area contributed by atoms with Crippen LogP contribution in [0.15, 0.2) is 24.3 Å². The Morgan fingerprint density at radius 3 is 3.00 bits per heavy atom. The van der Waals surface area contributed by atoms with E-state index in [2.05, 4.69) is 29.6 Å². The second-order valence-electron chi connectivity index (χ2n) is 4.86. The average molecular weight is 266 g/mol. The standard InChI is InChI=1S/C15H20ClNO/c16-11-4-3-10-15(18)17-14-9-5-7-12-6-1-2-8-13(12)14/h1-2,6,8,14H,3-5,7,9-11H2,(H,17,18)/t14-/m1/s1. The molecule has 0 unspecified atom stereocenters. The van der Waals surface area contributed by atoms with Gasteiger partial charge in [-0.3, -0.25) is 4.79 Å². The Hall–Kier alpha value is -1.02. The molecule has 1 N–H and O–H groups in total. The zero-order valence-corrected chi connectivity index (χ0v) is 11.4. The summed E-state index contributed by atoms with van der Waals surface area (Å²) in [6, 6.07) is 8.64. The largest absolute Gasteiger partial charge is 0.349 e. The minimum atomic E-state index is 0.154. The first-order valence-electron chi connectivity index (χ1n) is 6.74. The molecule has 0 saturated heterocycles. The van der Waals surface area contributed by atoms with Crippen molar-refractivity contribution in [2.24, 2.45) is 0 Å². The Labute approximate surface area is 114 Å². The number of amides is 1. The third-order valence-electron chi connectivity index (χ3n) is 3.49. The van der Waals surface area contributed by atoms with E-state index in [1.54, 1.807) is 0 Å². The maximum Gasteiger partial charge on any atom is 0.220 e. The van der Waals surface area contributed by atoms with Crippen LogP contribution in [0, 0.1) is 0 Å². The number of unbranched alkanes of at least 4 members (excludes halogenated alkanes) is 1. The molecule has 1 aromatic rings. The summed E-state index contributed by atoms with van der Waals surface area (Å²) in [5.74, 6) is 0.793. The monoisotopic (exact) mass is 265 g/mol.